The first-order valence-corrected chi connectivity index (χ1v) is 8.89. The van der Waals surface area contributed by atoms with E-state index < -0.39 is 15.4 Å². The van der Waals surface area contributed by atoms with E-state index in [9.17, 15) is 13.2 Å². The van der Waals surface area contributed by atoms with E-state index in [1.807, 2.05) is 0 Å². The minimum absolute atomic E-state index is 0.194. The van der Waals surface area contributed by atoms with Crippen molar-refractivity contribution >= 4 is 16.0 Å². The number of sulfonamides is 1. The molecule has 1 fully saturated rings. The average Bonchev–Trinajstić information content (AvgIpc) is 2.43. The van der Waals surface area contributed by atoms with Crippen LogP contribution in [0.4, 0.5) is 0 Å². The van der Waals surface area contributed by atoms with Crippen LogP contribution in [0.15, 0.2) is 29.2 Å². The van der Waals surface area contributed by atoms with Crippen LogP contribution in [0.5, 0.6) is 0 Å². The number of nitrogens with two attached hydrogens (primary N) is 1. The number of nitrogens with zero attached hydrogens (tertiary/aromatic N) is 1. The molecule has 0 amide bonds. The molecule has 1 aliphatic rings. The third-order valence-electron chi connectivity index (χ3n) is 3.46. The Labute approximate surface area is 136 Å². The Morgan fingerprint density at radius 1 is 1.30 bits per heavy atom. The van der Waals surface area contributed by atoms with E-state index in [2.05, 4.69) is 4.72 Å². The number of hydrogen-bond acceptors (Lipinski definition) is 6. The van der Waals surface area contributed by atoms with Crippen molar-refractivity contribution in [2.75, 3.05) is 13.1 Å². The van der Waals surface area contributed by atoms with Crippen LogP contribution in [-0.4, -0.2) is 38.6 Å². The molecule has 128 valence electrons. The molecule has 0 atom stereocenters. The Morgan fingerprint density at radius 3 is 2.35 bits per heavy atom. The molecule has 8 heteroatoms. The smallest absolute Gasteiger partial charge is 0.330 e. The van der Waals surface area contributed by atoms with Crippen molar-refractivity contribution in [2.45, 2.75) is 38.3 Å². The van der Waals surface area contributed by atoms with Gasteiger partial charge < -0.3 is 10.6 Å². The van der Waals surface area contributed by atoms with Gasteiger partial charge >= 0.3 is 5.97 Å². The molecule has 1 heterocycles. The second kappa shape index (κ2) is 6.56. The van der Waals surface area contributed by atoms with Gasteiger partial charge in [-0.2, -0.15) is 0 Å². The summed E-state index contributed by atoms with van der Waals surface area (Å²) in [4.78, 5) is 17.1. The van der Waals surface area contributed by atoms with Gasteiger partial charge in [-0.25, -0.2) is 17.9 Å². The van der Waals surface area contributed by atoms with Crippen LogP contribution < -0.4 is 10.5 Å². The van der Waals surface area contributed by atoms with Gasteiger partial charge in [-0.15, -0.1) is 5.06 Å². The van der Waals surface area contributed by atoms with Gasteiger partial charge in [0.05, 0.1) is 29.4 Å². The molecule has 1 saturated heterocycles. The number of benzene rings is 1. The molecule has 0 aromatic heterocycles. The molecule has 0 spiro atoms. The minimum Gasteiger partial charge on any atom is -0.367 e. The molecule has 0 aliphatic carbocycles. The lowest BCUT2D eigenvalue weighted by Gasteiger charge is -2.38. The second-order valence-corrected chi connectivity index (χ2v) is 8.36. The summed E-state index contributed by atoms with van der Waals surface area (Å²) in [5, 5.41) is 1.46. The second-order valence-electron chi connectivity index (χ2n) is 6.64. The van der Waals surface area contributed by atoms with E-state index in [4.69, 9.17) is 10.6 Å². The summed E-state index contributed by atoms with van der Waals surface area (Å²) in [5.41, 5.74) is 5.77. The summed E-state index contributed by atoms with van der Waals surface area (Å²) in [7, 11) is -3.58. The Hall–Kier alpha value is -1.48. The summed E-state index contributed by atoms with van der Waals surface area (Å²) in [6.45, 7) is 6.33. The molecule has 2 rings (SSSR count). The Kier molecular flexibility index (Phi) is 5.10. The molecule has 0 unspecified atom stereocenters. The fraction of sp³-hybridized carbons (Fsp3) is 0.533. The Morgan fingerprint density at radius 2 is 1.87 bits per heavy atom. The summed E-state index contributed by atoms with van der Waals surface area (Å²) in [5.74, 6) is -0.337. The summed E-state index contributed by atoms with van der Waals surface area (Å²) >= 11 is 0. The van der Waals surface area contributed by atoms with E-state index in [0.29, 0.717) is 19.6 Å². The van der Waals surface area contributed by atoms with E-state index in [-0.39, 0.29) is 16.9 Å². The summed E-state index contributed by atoms with van der Waals surface area (Å²) in [6, 6.07) is 6.16. The fourth-order valence-electron chi connectivity index (χ4n) is 1.93. The maximum atomic E-state index is 12.3. The normalized spacial score (nSPS) is 16.9. The van der Waals surface area contributed by atoms with Gasteiger partial charge in [0.15, 0.2) is 0 Å². The van der Waals surface area contributed by atoms with Crippen molar-refractivity contribution in [3.8, 4) is 0 Å². The molecule has 1 aliphatic heterocycles. The van der Waals surface area contributed by atoms with Crippen molar-refractivity contribution in [1.29, 1.82) is 0 Å². The lowest BCUT2D eigenvalue weighted by atomic mass is 9.98. The van der Waals surface area contributed by atoms with E-state index >= 15 is 0 Å². The van der Waals surface area contributed by atoms with Crippen LogP contribution in [0, 0.1) is 5.41 Å². The monoisotopic (exact) mass is 341 g/mol. The topological polar surface area (TPSA) is 102 Å². The van der Waals surface area contributed by atoms with E-state index in [0.717, 1.165) is 5.56 Å². The van der Waals surface area contributed by atoms with Gasteiger partial charge in [-0.1, -0.05) is 12.1 Å². The highest BCUT2D eigenvalue weighted by Crippen LogP contribution is 2.20. The minimum atomic E-state index is -3.58. The quantitative estimate of drug-likeness (QED) is 0.814. The number of hydrogen-bond donors (Lipinski definition) is 2. The zero-order valence-electron chi connectivity index (χ0n) is 13.6. The summed E-state index contributed by atoms with van der Waals surface area (Å²) in [6.07, 6.45) is 0. The molecular formula is C15H23N3O4S. The molecule has 1 aromatic carbocycles. The van der Waals surface area contributed by atoms with Gasteiger partial charge in [0.2, 0.25) is 10.0 Å². The molecule has 0 saturated carbocycles. The lowest BCUT2D eigenvalue weighted by molar-refractivity contribution is -0.220. The van der Waals surface area contributed by atoms with Crippen molar-refractivity contribution in [1.82, 2.24) is 9.79 Å². The first-order chi connectivity index (χ1) is 10.6. The molecule has 23 heavy (non-hydrogen) atoms. The van der Waals surface area contributed by atoms with E-state index in [1.165, 1.54) is 17.2 Å². The van der Waals surface area contributed by atoms with Crippen molar-refractivity contribution in [2.24, 2.45) is 11.1 Å². The molecule has 0 bridgehead atoms. The van der Waals surface area contributed by atoms with Crippen molar-refractivity contribution in [3.63, 3.8) is 0 Å². The Balaban J connectivity index is 1.88. The van der Waals surface area contributed by atoms with Gasteiger partial charge in [-0.3, -0.25) is 0 Å². The van der Waals surface area contributed by atoms with Gasteiger partial charge in [-0.05, 0) is 38.5 Å². The highest BCUT2D eigenvalue weighted by atomic mass is 32.2. The number of rotatable bonds is 5. The van der Waals surface area contributed by atoms with Crippen LogP contribution in [-0.2, 0) is 26.2 Å². The number of nitrogens with one attached hydrogen (secondary N) is 1. The van der Waals surface area contributed by atoms with Crippen LogP contribution in [0.25, 0.3) is 0 Å². The van der Waals surface area contributed by atoms with Crippen molar-refractivity contribution in [3.05, 3.63) is 29.8 Å². The molecule has 3 N–H and O–H groups in total. The molecule has 1 aromatic rings. The summed E-state index contributed by atoms with van der Waals surface area (Å²) < 4.78 is 27.1. The van der Waals surface area contributed by atoms with Crippen molar-refractivity contribution < 1.29 is 18.0 Å². The third kappa shape index (κ3) is 4.51. The van der Waals surface area contributed by atoms with E-state index in [1.54, 1.807) is 32.9 Å². The Bertz CT molecular complexity index is 659. The third-order valence-corrected chi connectivity index (χ3v) is 5.00. The molecule has 7 nitrogen and oxygen atoms in total. The fourth-order valence-corrected chi connectivity index (χ4v) is 3.15. The highest BCUT2D eigenvalue weighted by molar-refractivity contribution is 7.89. The SMILES string of the molecule is CC(C)(C)C(=O)ON1CC(NS(=O)(=O)c2ccc(CN)cc2)C1. The van der Waals surface area contributed by atoms with Gasteiger partial charge in [0.1, 0.15) is 0 Å². The first-order valence-electron chi connectivity index (χ1n) is 7.40. The number of hydroxylamine groups is 2. The van der Waals surface area contributed by atoms with Crippen LogP contribution in [0.1, 0.15) is 26.3 Å². The lowest BCUT2D eigenvalue weighted by Crippen LogP contribution is -2.59. The first kappa shape index (κ1) is 17.9. The molecular weight excluding hydrogens is 318 g/mol. The predicted octanol–water partition coefficient (Wildman–Crippen LogP) is 0.612. The predicted molar refractivity (Wildman–Crippen MR) is 85.6 cm³/mol. The van der Waals surface area contributed by atoms with Crippen LogP contribution >= 0.6 is 0 Å². The highest BCUT2D eigenvalue weighted by Gasteiger charge is 2.35. The molecule has 0 radical (unpaired) electrons. The van der Waals surface area contributed by atoms with Gasteiger partial charge in [0, 0.05) is 6.54 Å². The largest absolute Gasteiger partial charge is 0.367 e. The zero-order valence-corrected chi connectivity index (χ0v) is 14.4. The zero-order chi connectivity index (χ0) is 17.3. The average molecular weight is 341 g/mol. The van der Waals surface area contributed by atoms with Crippen LogP contribution in [0.2, 0.25) is 0 Å². The maximum absolute atomic E-state index is 12.3. The maximum Gasteiger partial charge on any atom is 0.330 e. The number of carbonyl (C=O) groups excluding carboxylic acids is 1. The number of carbonyl (C=O) groups is 1. The van der Waals surface area contributed by atoms with Gasteiger partial charge in [0.25, 0.3) is 0 Å². The standard InChI is InChI=1S/C15H23N3O4S/c1-15(2,3)14(19)22-18-9-12(10-18)17-23(20,21)13-6-4-11(8-16)5-7-13/h4-7,12,17H,8-10,16H2,1-3H3. The van der Waals surface area contributed by atoms with Crippen LogP contribution in [0.3, 0.4) is 0 Å².